The molecule has 1 aromatic heterocycles. The molecular weight excluding hydrogens is 290 g/mol. The summed E-state index contributed by atoms with van der Waals surface area (Å²) in [4.78, 5) is 4.79. The van der Waals surface area contributed by atoms with Crippen LogP contribution in [0.5, 0.6) is 0 Å². The highest BCUT2D eigenvalue weighted by Crippen LogP contribution is 2.28. The molecule has 2 N–H and O–H groups in total. The summed E-state index contributed by atoms with van der Waals surface area (Å²) in [5, 5.41) is 9.46. The van der Waals surface area contributed by atoms with Gasteiger partial charge in [-0.25, -0.2) is 0 Å². The number of hydrogen-bond donors (Lipinski definition) is 2. The minimum atomic E-state index is 0.250. The number of H-pyrrole nitrogens is 1. The van der Waals surface area contributed by atoms with Crippen LogP contribution < -0.4 is 0 Å². The van der Waals surface area contributed by atoms with E-state index >= 15 is 0 Å². The van der Waals surface area contributed by atoms with Crippen LogP contribution in [0.3, 0.4) is 0 Å². The number of aromatic nitrogens is 1. The van der Waals surface area contributed by atoms with E-state index in [0.29, 0.717) is 5.25 Å². The predicted molar refractivity (Wildman–Crippen MR) is 97.5 cm³/mol. The Kier molecular flexibility index (Phi) is 6.10. The van der Waals surface area contributed by atoms with E-state index < -0.39 is 0 Å². The Morgan fingerprint density at radius 3 is 2.27 bits per heavy atom. The molecule has 2 aromatic carbocycles. The van der Waals surface area contributed by atoms with Gasteiger partial charge in [0, 0.05) is 33.3 Å². The lowest BCUT2D eigenvalue weighted by Gasteiger charge is -2.05. The molecule has 3 heteroatoms. The van der Waals surface area contributed by atoms with Crippen molar-refractivity contribution in [3.8, 4) is 11.3 Å². The van der Waals surface area contributed by atoms with Crippen LogP contribution in [0.2, 0.25) is 0 Å². The van der Waals surface area contributed by atoms with Crippen molar-refractivity contribution in [2.45, 2.75) is 30.9 Å². The van der Waals surface area contributed by atoms with E-state index in [-0.39, 0.29) is 6.61 Å². The molecule has 0 atom stereocenters. The molecule has 0 aliphatic rings. The maximum atomic E-state index is 7.57. The first kappa shape index (κ1) is 16.7. The zero-order valence-electron chi connectivity index (χ0n) is 13.3. The first-order chi connectivity index (χ1) is 10.6. The van der Waals surface area contributed by atoms with Gasteiger partial charge in [-0.05, 0) is 36.8 Å². The fourth-order valence-electron chi connectivity index (χ4n) is 2.21. The van der Waals surface area contributed by atoms with Gasteiger partial charge in [-0.3, -0.25) is 0 Å². The second-order valence-electron chi connectivity index (χ2n) is 5.28. The molecule has 2 nitrogen and oxygen atoms in total. The number of fused-ring (bicyclic) bond motifs is 1. The summed E-state index contributed by atoms with van der Waals surface area (Å²) in [6, 6.07) is 19.4. The second-order valence-corrected chi connectivity index (χ2v) is 6.93. The standard InChI is InChI=1S/C17H17NS.C2H6O/c1-12(2)19-15-9-7-13(8-10-15)17-11-14-5-3-4-6-16(14)18-17;1-2-3/h3-12,18H,1-2H3;3H,2H2,1H3. The summed E-state index contributed by atoms with van der Waals surface area (Å²) >= 11 is 1.90. The van der Waals surface area contributed by atoms with E-state index in [9.17, 15) is 0 Å². The van der Waals surface area contributed by atoms with Crippen molar-refractivity contribution in [2.75, 3.05) is 6.61 Å². The molecule has 0 spiro atoms. The first-order valence-electron chi connectivity index (χ1n) is 7.59. The number of rotatable bonds is 3. The zero-order valence-corrected chi connectivity index (χ0v) is 14.2. The van der Waals surface area contributed by atoms with Crippen molar-refractivity contribution >= 4 is 22.7 Å². The van der Waals surface area contributed by atoms with Gasteiger partial charge in [-0.2, -0.15) is 0 Å². The van der Waals surface area contributed by atoms with Gasteiger partial charge in [-0.1, -0.05) is 44.2 Å². The number of thioether (sulfide) groups is 1. The molecule has 3 rings (SSSR count). The topological polar surface area (TPSA) is 36.0 Å². The van der Waals surface area contributed by atoms with Gasteiger partial charge >= 0.3 is 0 Å². The van der Waals surface area contributed by atoms with E-state index in [1.165, 1.54) is 27.1 Å². The Labute approximate surface area is 136 Å². The quantitative estimate of drug-likeness (QED) is 0.641. The van der Waals surface area contributed by atoms with Gasteiger partial charge in [0.15, 0.2) is 0 Å². The summed E-state index contributed by atoms with van der Waals surface area (Å²) in [5.74, 6) is 0. The number of benzene rings is 2. The van der Waals surface area contributed by atoms with E-state index in [0.717, 1.165) is 0 Å². The van der Waals surface area contributed by atoms with Crippen molar-refractivity contribution in [1.29, 1.82) is 0 Å². The monoisotopic (exact) mass is 313 g/mol. The average Bonchev–Trinajstić information content (AvgIpc) is 2.92. The molecule has 0 amide bonds. The Hall–Kier alpha value is -1.71. The number of aromatic amines is 1. The highest BCUT2D eigenvalue weighted by Gasteiger charge is 2.03. The molecule has 1 heterocycles. The molecule has 0 aliphatic carbocycles. The van der Waals surface area contributed by atoms with Crippen LogP contribution in [-0.4, -0.2) is 21.9 Å². The predicted octanol–water partition coefficient (Wildman–Crippen LogP) is 5.33. The summed E-state index contributed by atoms with van der Waals surface area (Å²) in [5.41, 5.74) is 3.62. The Morgan fingerprint density at radius 1 is 1.05 bits per heavy atom. The number of hydrogen-bond acceptors (Lipinski definition) is 2. The lowest BCUT2D eigenvalue weighted by atomic mass is 10.1. The largest absolute Gasteiger partial charge is 0.397 e. The van der Waals surface area contributed by atoms with Gasteiger partial charge in [-0.15, -0.1) is 11.8 Å². The molecule has 0 bridgehead atoms. The van der Waals surface area contributed by atoms with Gasteiger partial charge in [0.25, 0.3) is 0 Å². The molecule has 3 aromatic rings. The lowest BCUT2D eigenvalue weighted by Crippen LogP contribution is -1.85. The maximum Gasteiger partial charge on any atom is 0.0464 e. The molecule has 116 valence electrons. The van der Waals surface area contributed by atoms with Crippen molar-refractivity contribution < 1.29 is 5.11 Å². The third-order valence-corrected chi connectivity index (χ3v) is 4.08. The Bertz CT molecular complexity index is 668. The molecule has 0 aliphatic heterocycles. The minimum absolute atomic E-state index is 0.250. The number of nitrogens with one attached hydrogen (secondary N) is 1. The summed E-state index contributed by atoms with van der Waals surface area (Å²) in [6.07, 6.45) is 0. The van der Waals surface area contributed by atoms with Crippen molar-refractivity contribution in [3.05, 3.63) is 54.6 Å². The molecule has 0 radical (unpaired) electrons. The highest BCUT2D eigenvalue weighted by molar-refractivity contribution is 7.99. The number of aliphatic hydroxyl groups is 1. The minimum Gasteiger partial charge on any atom is -0.397 e. The van der Waals surface area contributed by atoms with Crippen LogP contribution in [0, 0.1) is 0 Å². The van der Waals surface area contributed by atoms with Crippen LogP contribution in [0.1, 0.15) is 20.8 Å². The van der Waals surface area contributed by atoms with Crippen molar-refractivity contribution in [2.24, 2.45) is 0 Å². The second kappa shape index (κ2) is 8.06. The first-order valence-corrected chi connectivity index (χ1v) is 8.47. The fraction of sp³-hybridized carbons (Fsp3) is 0.263. The van der Waals surface area contributed by atoms with Gasteiger partial charge in [0.2, 0.25) is 0 Å². The Morgan fingerprint density at radius 2 is 1.68 bits per heavy atom. The number of aliphatic hydroxyl groups excluding tert-OH is 1. The van der Waals surface area contributed by atoms with Gasteiger partial charge in [0.05, 0.1) is 0 Å². The molecule has 0 unspecified atom stereocenters. The molecule has 0 saturated carbocycles. The fourth-order valence-corrected chi connectivity index (χ4v) is 3.05. The maximum absolute atomic E-state index is 7.57. The van der Waals surface area contributed by atoms with Gasteiger partial charge in [0.1, 0.15) is 0 Å². The molecule has 22 heavy (non-hydrogen) atoms. The third-order valence-electron chi connectivity index (χ3n) is 3.07. The number of para-hydroxylation sites is 1. The van der Waals surface area contributed by atoms with E-state index in [1.54, 1.807) is 6.92 Å². The van der Waals surface area contributed by atoms with Crippen molar-refractivity contribution in [3.63, 3.8) is 0 Å². The van der Waals surface area contributed by atoms with E-state index in [2.05, 4.69) is 73.4 Å². The molecule has 0 saturated heterocycles. The van der Waals surface area contributed by atoms with Crippen LogP contribution in [-0.2, 0) is 0 Å². The summed E-state index contributed by atoms with van der Waals surface area (Å²) in [6.45, 7) is 6.37. The van der Waals surface area contributed by atoms with Crippen LogP contribution in [0.15, 0.2) is 59.5 Å². The van der Waals surface area contributed by atoms with Gasteiger partial charge < -0.3 is 10.1 Å². The normalized spacial score (nSPS) is 10.6. The molecular formula is C19H23NOS. The van der Waals surface area contributed by atoms with Crippen LogP contribution in [0.25, 0.3) is 22.2 Å². The Balaban J connectivity index is 0.000000545. The third kappa shape index (κ3) is 4.39. The zero-order chi connectivity index (χ0) is 15.9. The van der Waals surface area contributed by atoms with E-state index in [1.807, 2.05) is 11.8 Å². The lowest BCUT2D eigenvalue weighted by molar-refractivity contribution is 0.318. The van der Waals surface area contributed by atoms with E-state index in [4.69, 9.17) is 5.11 Å². The highest BCUT2D eigenvalue weighted by atomic mass is 32.2. The van der Waals surface area contributed by atoms with Crippen molar-refractivity contribution in [1.82, 2.24) is 4.98 Å². The smallest absolute Gasteiger partial charge is 0.0464 e. The van der Waals surface area contributed by atoms with Crippen LogP contribution in [0.4, 0.5) is 0 Å². The summed E-state index contributed by atoms with van der Waals surface area (Å²) in [7, 11) is 0. The molecule has 0 fully saturated rings. The average molecular weight is 313 g/mol. The SMILES string of the molecule is CC(C)Sc1ccc(-c2cc3ccccc3[nH]2)cc1.CCO. The van der Waals surface area contributed by atoms with Crippen LogP contribution >= 0.6 is 11.8 Å². The summed E-state index contributed by atoms with van der Waals surface area (Å²) < 4.78 is 0.